The maximum Gasteiger partial charge on any atom is 0.244 e. The number of rotatable bonds is 2. The molecule has 9 heteroatoms. The first kappa shape index (κ1) is 17.6. The molecule has 4 heterocycles. The van der Waals surface area contributed by atoms with Gasteiger partial charge in [-0.3, -0.25) is 4.79 Å². The van der Waals surface area contributed by atoms with Crippen molar-refractivity contribution in [2.75, 3.05) is 16.8 Å². The van der Waals surface area contributed by atoms with Crippen LogP contribution in [0.5, 0.6) is 0 Å². The highest BCUT2D eigenvalue weighted by Gasteiger charge is 2.32. The fraction of sp³-hybridized carbons (Fsp3) is 0.350. The molecule has 2 aliphatic rings. The predicted molar refractivity (Wildman–Crippen MR) is 105 cm³/mol. The van der Waals surface area contributed by atoms with E-state index in [0.29, 0.717) is 22.9 Å². The Morgan fingerprint density at radius 3 is 2.86 bits per heavy atom. The summed E-state index contributed by atoms with van der Waals surface area (Å²) < 4.78 is 1.68. The Balaban J connectivity index is 1.57. The molecule has 1 saturated carbocycles. The van der Waals surface area contributed by atoms with Crippen molar-refractivity contribution in [1.29, 1.82) is 5.26 Å². The average Bonchev–Trinajstić information content (AvgIpc) is 3.16. The number of pyridine rings is 1. The molecule has 1 aliphatic heterocycles. The van der Waals surface area contributed by atoms with Gasteiger partial charge >= 0.3 is 0 Å². The van der Waals surface area contributed by atoms with Gasteiger partial charge in [-0.05, 0) is 37.8 Å². The van der Waals surface area contributed by atoms with Crippen LogP contribution in [0.15, 0.2) is 30.7 Å². The molecule has 9 nitrogen and oxygen atoms in total. The fourth-order valence-corrected chi connectivity index (χ4v) is 4.12. The molecule has 0 bridgehead atoms. The molecular weight excluding hydrogens is 370 g/mol. The summed E-state index contributed by atoms with van der Waals surface area (Å²) in [4.78, 5) is 23.4. The summed E-state index contributed by atoms with van der Waals surface area (Å²) in [7, 11) is 0. The van der Waals surface area contributed by atoms with Gasteiger partial charge in [0.25, 0.3) is 0 Å². The molecule has 3 aromatic rings. The SMILES string of the molecule is N#Cc1ccn2ncc(-c3ncc4c(n3)N([C@H]3CC[C@H](O)CC3)CC(=O)N4)c2c1. The second-order valence-corrected chi connectivity index (χ2v) is 7.48. The van der Waals surface area contributed by atoms with Gasteiger partial charge in [0.2, 0.25) is 5.91 Å². The maximum atomic E-state index is 12.2. The number of hydrogen-bond donors (Lipinski definition) is 2. The molecule has 1 fully saturated rings. The van der Waals surface area contributed by atoms with E-state index in [1.165, 1.54) is 0 Å². The Morgan fingerprint density at radius 2 is 2.07 bits per heavy atom. The molecule has 1 amide bonds. The van der Waals surface area contributed by atoms with E-state index < -0.39 is 0 Å². The molecule has 29 heavy (non-hydrogen) atoms. The Morgan fingerprint density at radius 1 is 1.24 bits per heavy atom. The van der Waals surface area contributed by atoms with Crippen LogP contribution in [-0.2, 0) is 4.79 Å². The molecule has 0 atom stereocenters. The van der Waals surface area contributed by atoms with Gasteiger partial charge in [-0.25, -0.2) is 14.5 Å². The normalized spacial score (nSPS) is 21.5. The Labute approximate surface area is 166 Å². The van der Waals surface area contributed by atoms with Crippen LogP contribution in [0.1, 0.15) is 31.2 Å². The van der Waals surface area contributed by atoms with E-state index in [1.54, 1.807) is 35.2 Å². The van der Waals surface area contributed by atoms with Crippen molar-refractivity contribution in [3.63, 3.8) is 0 Å². The van der Waals surface area contributed by atoms with E-state index >= 15 is 0 Å². The van der Waals surface area contributed by atoms with Crippen LogP contribution in [0, 0.1) is 11.3 Å². The molecule has 1 aliphatic carbocycles. The largest absolute Gasteiger partial charge is 0.393 e. The number of anilines is 2. The zero-order chi connectivity index (χ0) is 20.0. The molecule has 2 N–H and O–H groups in total. The highest BCUT2D eigenvalue weighted by molar-refractivity contribution is 6.00. The van der Waals surface area contributed by atoms with E-state index in [1.807, 2.05) is 4.90 Å². The maximum absolute atomic E-state index is 12.2. The molecule has 0 saturated heterocycles. The molecule has 0 radical (unpaired) electrons. The number of fused-ring (bicyclic) bond motifs is 2. The molecular formula is C20H19N7O2. The smallest absolute Gasteiger partial charge is 0.244 e. The first-order valence-corrected chi connectivity index (χ1v) is 9.62. The minimum Gasteiger partial charge on any atom is -0.393 e. The molecule has 146 valence electrons. The first-order valence-electron chi connectivity index (χ1n) is 9.62. The number of nitrogens with one attached hydrogen (secondary N) is 1. The summed E-state index contributed by atoms with van der Waals surface area (Å²) in [5.74, 6) is 1.09. The number of nitrogens with zero attached hydrogens (tertiary/aromatic N) is 6. The van der Waals surface area contributed by atoms with Crippen LogP contribution in [0.3, 0.4) is 0 Å². The number of nitriles is 1. The van der Waals surface area contributed by atoms with Crippen LogP contribution in [-0.4, -0.2) is 49.3 Å². The lowest BCUT2D eigenvalue weighted by Crippen LogP contribution is -2.47. The van der Waals surface area contributed by atoms with E-state index in [2.05, 4.69) is 21.5 Å². The van der Waals surface area contributed by atoms with E-state index in [4.69, 9.17) is 4.98 Å². The summed E-state index contributed by atoms with van der Waals surface area (Å²) in [6.45, 7) is 0.234. The molecule has 5 rings (SSSR count). The van der Waals surface area contributed by atoms with Crippen molar-refractivity contribution in [3.8, 4) is 17.5 Å². The number of carbonyl (C=O) groups excluding carboxylic acids is 1. The summed E-state index contributed by atoms with van der Waals surface area (Å²) >= 11 is 0. The van der Waals surface area contributed by atoms with Crippen LogP contribution in [0.4, 0.5) is 11.5 Å². The topological polar surface area (TPSA) is 119 Å². The third kappa shape index (κ3) is 3.07. The Bertz CT molecular complexity index is 1140. The van der Waals surface area contributed by atoms with Crippen molar-refractivity contribution in [2.24, 2.45) is 0 Å². The van der Waals surface area contributed by atoms with Crippen molar-refractivity contribution in [2.45, 2.75) is 37.8 Å². The van der Waals surface area contributed by atoms with Crippen LogP contribution in [0.2, 0.25) is 0 Å². The lowest BCUT2D eigenvalue weighted by atomic mass is 9.91. The number of aromatic nitrogens is 4. The van der Waals surface area contributed by atoms with Crippen molar-refractivity contribution >= 4 is 22.9 Å². The summed E-state index contributed by atoms with van der Waals surface area (Å²) in [5, 5.41) is 26.2. The minimum absolute atomic E-state index is 0.0883. The van der Waals surface area contributed by atoms with Gasteiger partial charge in [0, 0.05) is 12.2 Å². The van der Waals surface area contributed by atoms with Crippen LogP contribution < -0.4 is 10.2 Å². The number of amides is 1. The van der Waals surface area contributed by atoms with Crippen molar-refractivity contribution in [3.05, 3.63) is 36.3 Å². The molecule has 0 aromatic carbocycles. The third-order valence-corrected chi connectivity index (χ3v) is 5.63. The van der Waals surface area contributed by atoms with E-state index in [0.717, 1.165) is 36.8 Å². The zero-order valence-electron chi connectivity index (χ0n) is 15.6. The third-order valence-electron chi connectivity index (χ3n) is 5.63. The van der Waals surface area contributed by atoms with Gasteiger partial charge in [0.15, 0.2) is 11.6 Å². The second kappa shape index (κ2) is 6.83. The molecule has 0 unspecified atom stereocenters. The monoisotopic (exact) mass is 389 g/mol. The average molecular weight is 389 g/mol. The van der Waals surface area contributed by atoms with Crippen LogP contribution in [0.25, 0.3) is 16.9 Å². The standard InChI is InChI=1S/C20H19N7O2/c21-8-12-5-6-27-17(7-12)15(9-23-27)19-22-10-16-20(25-19)26(11-18(29)24-16)13-1-3-14(28)4-2-13/h5-7,9-10,13-14,28H,1-4,11H2,(H,24,29)/t13-,14-. The highest BCUT2D eigenvalue weighted by atomic mass is 16.3. The van der Waals surface area contributed by atoms with Gasteiger partial charge in [0.1, 0.15) is 5.69 Å². The summed E-state index contributed by atoms with van der Waals surface area (Å²) in [6, 6.07) is 5.75. The first-order chi connectivity index (χ1) is 14.1. The van der Waals surface area contributed by atoms with Crippen molar-refractivity contribution < 1.29 is 9.90 Å². The van der Waals surface area contributed by atoms with E-state index in [9.17, 15) is 15.2 Å². The quantitative estimate of drug-likeness (QED) is 0.685. The number of aliphatic hydroxyl groups is 1. The van der Waals surface area contributed by atoms with E-state index in [-0.39, 0.29) is 24.6 Å². The van der Waals surface area contributed by atoms with Crippen LogP contribution >= 0.6 is 0 Å². The highest BCUT2D eigenvalue weighted by Crippen LogP contribution is 2.35. The molecule has 0 spiro atoms. The summed E-state index contributed by atoms with van der Waals surface area (Å²) in [6.07, 6.45) is 7.85. The number of aliphatic hydroxyl groups excluding tert-OH is 1. The lowest BCUT2D eigenvalue weighted by Gasteiger charge is -2.39. The molecule has 3 aromatic heterocycles. The lowest BCUT2D eigenvalue weighted by molar-refractivity contribution is -0.115. The van der Waals surface area contributed by atoms with Gasteiger partial charge in [0.05, 0.1) is 47.8 Å². The van der Waals surface area contributed by atoms with Gasteiger partial charge in [-0.1, -0.05) is 0 Å². The Kier molecular flexibility index (Phi) is 4.14. The van der Waals surface area contributed by atoms with Gasteiger partial charge in [-0.2, -0.15) is 10.4 Å². The second-order valence-electron chi connectivity index (χ2n) is 7.48. The zero-order valence-corrected chi connectivity index (χ0v) is 15.6. The van der Waals surface area contributed by atoms with Gasteiger partial charge in [-0.15, -0.1) is 0 Å². The predicted octanol–water partition coefficient (Wildman–Crippen LogP) is 1.72. The number of hydrogen-bond acceptors (Lipinski definition) is 7. The van der Waals surface area contributed by atoms with Crippen molar-refractivity contribution in [1.82, 2.24) is 19.6 Å². The van der Waals surface area contributed by atoms with Gasteiger partial charge < -0.3 is 15.3 Å². The Hall–Kier alpha value is -3.51. The number of carbonyl (C=O) groups is 1. The fourth-order valence-electron chi connectivity index (χ4n) is 4.12. The summed E-state index contributed by atoms with van der Waals surface area (Å²) in [5.41, 5.74) is 2.59. The minimum atomic E-state index is -0.265.